The molecule has 1 heterocycles. The molecule has 1 aromatic rings. The predicted octanol–water partition coefficient (Wildman–Crippen LogP) is 14.2. The van der Waals surface area contributed by atoms with Crippen molar-refractivity contribution in [1.82, 2.24) is 19.9 Å². The third-order valence-corrected chi connectivity index (χ3v) is 11.6. The van der Waals surface area contributed by atoms with E-state index in [1.165, 1.54) is 135 Å². The summed E-state index contributed by atoms with van der Waals surface area (Å²) in [4.78, 5) is 27.7. The molecule has 0 fully saturated rings. The second-order valence-electron chi connectivity index (χ2n) is 18.0. The number of ether oxygens (including phenoxy) is 2. The quantitative estimate of drug-likeness (QED) is 0.0479. The summed E-state index contributed by atoms with van der Waals surface area (Å²) in [5, 5.41) is 8.79. The lowest BCUT2D eigenvalue weighted by Gasteiger charge is -2.22. The fourth-order valence-electron chi connectivity index (χ4n) is 7.94. The molecule has 0 amide bonds. The van der Waals surface area contributed by atoms with Gasteiger partial charge in [0.1, 0.15) is 6.10 Å². The van der Waals surface area contributed by atoms with Crippen molar-refractivity contribution in [3.8, 4) is 0 Å². The summed E-state index contributed by atoms with van der Waals surface area (Å²) < 4.78 is 13.6. The maximum Gasteiger partial charge on any atom is 0.306 e. The van der Waals surface area contributed by atoms with Crippen LogP contribution in [0.4, 0.5) is 0 Å². The minimum absolute atomic E-state index is 0.0184. The summed E-state index contributed by atoms with van der Waals surface area (Å²) >= 11 is 0. The van der Waals surface area contributed by atoms with Gasteiger partial charge in [-0.2, -0.15) is 0 Å². The van der Waals surface area contributed by atoms with Gasteiger partial charge in [-0.05, 0) is 83.2 Å². The predicted molar refractivity (Wildman–Crippen MR) is 245 cm³/mol. The van der Waals surface area contributed by atoms with Gasteiger partial charge < -0.3 is 14.4 Å². The summed E-state index contributed by atoms with van der Waals surface area (Å²) in [7, 11) is 0. The molecule has 0 aliphatic rings. The molecule has 1 aromatic heterocycles. The van der Waals surface area contributed by atoms with Crippen molar-refractivity contribution in [3.63, 3.8) is 0 Å². The summed E-state index contributed by atoms with van der Waals surface area (Å²) in [6.07, 6.45) is 41.7. The molecule has 0 aliphatic heterocycles. The number of unbranched alkanes of at least 4 members (excludes halogenated alkanes) is 24. The van der Waals surface area contributed by atoms with Crippen LogP contribution in [0.25, 0.3) is 0 Å². The molecule has 58 heavy (non-hydrogen) atoms. The minimum Gasteiger partial charge on any atom is -0.466 e. The van der Waals surface area contributed by atoms with E-state index in [0.717, 1.165) is 103 Å². The van der Waals surface area contributed by atoms with E-state index in [2.05, 4.69) is 56.0 Å². The molecule has 0 saturated carbocycles. The first kappa shape index (κ1) is 54.1. The number of aromatic nitrogens is 3. The van der Waals surface area contributed by atoms with Crippen molar-refractivity contribution in [3.05, 3.63) is 11.9 Å². The summed E-state index contributed by atoms with van der Waals surface area (Å²) in [5.41, 5.74) is 1.07. The first-order chi connectivity index (χ1) is 28.4. The Morgan fingerprint density at radius 2 is 1.02 bits per heavy atom. The van der Waals surface area contributed by atoms with Gasteiger partial charge >= 0.3 is 11.9 Å². The van der Waals surface area contributed by atoms with Crippen LogP contribution in [-0.2, 0) is 32.0 Å². The molecular weight excluding hydrogens is 721 g/mol. The number of rotatable bonds is 44. The van der Waals surface area contributed by atoms with Crippen molar-refractivity contribution >= 4 is 11.9 Å². The lowest BCUT2D eigenvalue weighted by Crippen LogP contribution is -2.30. The molecule has 340 valence electrons. The number of nitrogens with zero attached hydrogens (tertiary/aromatic N) is 4. The highest BCUT2D eigenvalue weighted by atomic mass is 16.5. The van der Waals surface area contributed by atoms with Crippen molar-refractivity contribution in [2.75, 3.05) is 26.2 Å². The summed E-state index contributed by atoms with van der Waals surface area (Å²) in [6.45, 7) is 15.7. The maximum absolute atomic E-state index is 12.9. The minimum atomic E-state index is -0.0331. The normalized spacial score (nSPS) is 11.7. The average molecular weight is 817 g/mol. The summed E-state index contributed by atoms with van der Waals surface area (Å²) in [6, 6.07) is 0. The lowest BCUT2D eigenvalue weighted by molar-refractivity contribution is -0.150. The molecule has 1 rings (SSSR count). The van der Waals surface area contributed by atoms with E-state index in [0.29, 0.717) is 25.4 Å². The Hall–Kier alpha value is -1.96. The Labute approximate surface area is 359 Å². The molecule has 0 aliphatic carbocycles. The Bertz CT molecular complexity index is 1030. The van der Waals surface area contributed by atoms with Crippen molar-refractivity contribution in [2.45, 2.75) is 266 Å². The van der Waals surface area contributed by atoms with Gasteiger partial charge in [0.05, 0.1) is 18.8 Å². The monoisotopic (exact) mass is 817 g/mol. The highest BCUT2D eigenvalue weighted by molar-refractivity contribution is 5.69. The van der Waals surface area contributed by atoms with E-state index in [1.54, 1.807) is 0 Å². The van der Waals surface area contributed by atoms with Crippen LogP contribution in [0.3, 0.4) is 0 Å². The van der Waals surface area contributed by atoms with Gasteiger partial charge in [-0.1, -0.05) is 181 Å². The zero-order valence-electron chi connectivity index (χ0n) is 39.2. The third-order valence-electron chi connectivity index (χ3n) is 11.6. The van der Waals surface area contributed by atoms with E-state index in [1.807, 2.05) is 4.68 Å². The highest BCUT2D eigenvalue weighted by Gasteiger charge is 2.15. The number of hydrogen-bond acceptors (Lipinski definition) is 7. The van der Waals surface area contributed by atoms with Crippen LogP contribution < -0.4 is 0 Å². The largest absolute Gasteiger partial charge is 0.466 e. The Morgan fingerprint density at radius 1 is 0.569 bits per heavy atom. The first-order valence-electron chi connectivity index (χ1n) is 25.3. The van der Waals surface area contributed by atoms with Crippen LogP contribution in [0.5, 0.6) is 0 Å². The molecule has 8 heteroatoms. The van der Waals surface area contributed by atoms with E-state index in [4.69, 9.17) is 9.47 Å². The molecule has 0 bridgehead atoms. The zero-order chi connectivity index (χ0) is 42.2. The molecule has 0 spiro atoms. The summed E-state index contributed by atoms with van der Waals surface area (Å²) in [5.74, 6) is 0.556. The van der Waals surface area contributed by atoms with Gasteiger partial charge in [-0.25, -0.2) is 0 Å². The van der Waals surface area contributed by atoms with Crippen LogP contribution in [0, 0.1) is 5.92 Å². The van der Waals surface area contributed by atoms with Crippen molar-refractivity contribution < 1.29 is 19.1 Å². The molecule has 0 aromatic carbocycles. The van der Waals surface area contributed by atoms with Gasteiger partial charge in [0.25, 0.3) is 0 Å². The number of hydrogen-bond donors (Lipinski definition) is 0. The van der Waals surface area contributed by atoms with Crippen LogP contribution in [0.15, 0.2) is 6.20 Å². The Kier molecular flexibility index (Phi) is 37.7. The van der Waals surface area contributed by atoms with Gasteiger partial charge in [0.15, 0.2) is 0 Å². The molecular formula is C50H96N4O4. The molecule has 0 unspecified atom stereocenters. The zero-order valence-corrected chi connectivity index (χ0v) is 39.2. The highest BCUT2D eigenvalue weighted by Crippen LogP contribution is 2.19. The average Bonchev–Trinajstić information content (AvgIpc) is 3.65. The van der Waals surface area contributed by atoms with Crippen molar-refractivity contribution in [1.29, 1.82) is 0 Å². The van der Waals surface area contributed by atoms with Gasteiger partial charge in [0.2, 0.25) is 0 Å². The molecule has 8 nitrogen and oxygen atoms in total. The van der Waals surface area contributed by atoms with E-state index < -0.39 is 0 Å². The van der Waals surface area contributed by atoms with Gasteiger partial charge in [0, 0.05) is 25.6 Å². The fraction of sp³-hybridized carbons (Fsp3) is 0.920. The second-order valence-corrected chi connectivity index (χ2v) is 18.0. The van der Waals surface area contributed by atoms with E-state index >= 15 is 0 Å². The Morgan fingerprint density at radius 3 is 1.55 bits per heavy atom. The SMILES string of the molecule is CCCCCCCCCCCOC(=O)CCCCCN(CCCCCCCC(=O)OC(CCCCCCCC)CCCCCCCC)CCn1cc(CC(C)C)nn1. The number of esters is 2. The fourth-order valence-corrected chi connectivity index (χ4v) is 7.94. The molecule has 0 N–H and O–H groups in total. The Balaban J connectivity index is 2.36. The van der Waals surface area contributed by atoms with Gasteiger partial charge in [-0.15, -0.1) is 5.10 Å². The molecule has 0 saturated heterocycles. The van der Waals surface area contributed by atoms with E-state index in [9.17, 15) is 9.59 Å². The van der Waals surface area contributed by atoms with Crippen LogP contribution in [-0.4, -0.2) is 64.2 Å². The smallest absolute Gasteiger partial charge is 0.306 e. The number of carbonyl (C=O) groups excluding carboxylic acids is 2. The first-order valence-corrected chi connectivity index (χ1v) is 25.3. The maximum atomic E-state index is 12.9. The third kappa shape index (κ3) is 34.9. The van der Waals surface area contributed by atoms with E-state index in [-0.39, 0.29) is 18.0 Å². The van der Waals surface area contributed by atoms with Gasteiger partial charge in [-0.3, -0.25) is 14.3 Å². The second kappa shape index (κ2) is 40.4. The standard InChI is InChI=1S/C50H96N4O4/c1-6-9-12-15-18-19-20-26-34-43-57-49(55)37-31-27-33-40-53(41-42-54-45-47(51-52-54)44-46(4)5)39-32-25-21-24-30-38-50(56)58-48(35-28-22-16-13-10-7-2)36-29-23-17-14-11-8-3/h45-46,48H,6-44H2,1-5H3. The number of carbonyl (C=O) groups is 2. The van der Waals surface area contributed by atoms with Crippen LogP contribution in [0.2, 0.25) is 0 Å². The molecule has 0 atom stereocenters. The topological polar surface area (TPSA) is 86.5 Å². The lowest BCUT2D eigenvalue weighted by atomic mass is 10.0. The van der Waals surface area contributed by atoms with Crippen LogP contribution >= 0.6 is 0 Å². The van der Waals surface area contributed by atoms with Crippen LogP contribution in [0.1, 0.15) is 252 Å². The van der Waals surface area contributed by atoms with Crippen molar-refractivity contribution in [2.24, 2.45) is 5.92 Å². The molecule has 0 radical (unpaired) electrons.